The summed E-state index contributed by atoms with van der Waals surface area (Å²) in [4.78, 5) is 4.43. The Morgan fingerprint density at radius 3 is 2.45 bits per heavy atom. The summed E-state index contributed by atoms with van der Waals surface area (Å²) in [6, 6.07) is 7.29. The zero-order valence-electron chi connectivity index (χ0n) is 11.3. The summed E-state index contributed by atoms with van der Waals surface area (Å²) < 4.78 is 11.5. The number of aromatic nitrogens is 1. The number of anilines is 2. The number of nitrogens with one attached hydrogen (secondary N) is 1. The minimum Gasteiger partial charge on any atom is -0.495 e. The quantitative estimate of drug-likeness (QED) is 0.870. The second-order valence-electron chi connectivity index (χ2n) is 4.08. The van der Waals surface area contributed by atoms with E-state index in [0.29, 0.717) is 22.3 Å². The van der Waals surface area contributed by atoms with Crippen LogP contribution in [-0.4, -0.2) is 19.2 Å². The lowest BCUT2D eigenvalue weighted by Gasteiger charge is -2.14. The van der Waals surface area contributed by atoms with Gasteiger partial charge in [0.05, 0.1) is 30.6 Å². The molecule has 0 radical (unpaired) electrons. The highest BCUT2D eigenvalue weighted by Gasteiger charge is 2.11. The molecule has 1 heterocycles. The molecule has 0 aliphatic carbocycles. The summed E-state index contributed by atoms with van der Waals surface area (Å²) >= 11 is 9.50. The van der Waals surface area contributed by atoms with Crippen molar-refractivity contribution in [2.24, 2.45) is 0 Å². The molecule has 106 valence electrons. The molecule has 2 aromatic rings. The maximum atomic E-state index is 6.07. The lowest BCUT2D eigenvalue weighted by molar-refractivity contribution is 0.405. The fourth-order valence-electron chi connectivity index (χ4n) is 1.71. The Balaban J connectivity index is 2.38. The van der Waals surface area contributed by atoms with Gasteiger partial charge in [-0.3, -0.25) is 0 Å². The number of hydrogen-bond acceptors (Lipinski definition) is 4. The molecule has 0 spiro atoms. The smallest absolute Gasteiger partial charge is 0.144 e. The average Bonchev–Trinajstić information content (AvgIpc) is 2.44. The molecule has 0 saturated carbocycles. The van der Waals surface area contributed by atoms with Crippen molar-refractivity contribution >= 4 is 39.0 Å². The van der Waals surface area contributed by atoms with Crippen LogP contribution in [0.1, 0.15) is 5.69 Å². The molecule has 0 atom stereocenters. The Kier molecular flexibility index (Phi) is 4.73. The van der Waals surface area contributed by atoms with Crippen LogP contribution in [-0.2, 0) is 0 Å². The standard InChI is InChI=1S/C14H14BrClN2O2/c1-8-9(15)4-5-14(17-8)18-11-7-12(19-2)10(16)6-13(11)20-3/h4-7H,1-3H3,(H,17,18). The van der Waals surface area contributed by atoms with Crippen molar-refractivity contribution in [2.75, 3.05) is 19.5 Å². The lowest BCUT2D eigenvalue weighted by Crippen LogP contribution is -1.99. The first kappa shape index (κ1) is 14.9. The van der Waals surface area contributed by atoms with Crippen molar-refractivity contribution in [2.45, 2.75) is 6.92 Å². The van der Waals surface area contributed by atoms with Gasteiger partial charge in [-0.25, -0.2) is 4.98 Å². The highest BCUT2D eigenvalue weighted by Crippen LogP contribution is 2.37. The summed E-state index contributed by atoms with van der Waals surface area (Å²) in [6.45, 7) is 1.93. The molecule has 0 aliphatic rings. The SMILES string of the molecule is COc1cc(Nc2ccc(Br)c(C)n2)c(OC)cc1Cl. The van der Waals surface area contributed by atoms with Gasteiger partial charge in [0.2, 0.25) is 0 Å². The predicted molar refractivity (Wildman–Crippen MR) is 84.5 cm³/mol. The van der Waals surface area contributed by atoms with E-state index < -0.39 is 0 Å². The van der Waals surface area contributed by atoms with E-state index in [0.717, 1.165) is 15.9 Å². The van der Waals surface area contributed by atoms with Crippen molar-refractivity contribution in [3.05, 3.63) is 39.5 Å². The van der Waals surface area contributed by atoms with Crippen LogP contribution < -0.4 is 14.8 Å². The Hall–Kier alpha value is -1.46. The van der Waals surface area contributed by atoms with Gasteiger partial charge in [-0.1, -0.05) is 11.6 Å². The fraction of sp³-hybridized carbons (Fsp3) is 0.214. The molecular formula is C14H14BrClN2O2. The molecule has 1 aromatic heterocycles. The summed E-state index contributed by atoms with van der Waals surface area (Å²) in [5, 5.41) is 3.69. The molecule has 1 aromatic carbocycles. The summed E-state index contributed by atoms with van der Waals surface area (Å²) in [5.74, 6) is 1.91. The van der Waals surface area contributed by atoms with Crippen LogP contribution in [0.15, 0.2) is 28.7 Å². The molecule has 0 saturated heterocycles. The topological polar surface area (TPSA) is 43.4 Å². The van der Waals surface area contributed by atoms with E-state index in [4.69, 9.17) is 21.1 Å². The van der Waals surface area contributed by atoms with E-state index in [1.165, 1.54) is 0 Å². The van der Waals surface area contributed by atoms with Crippen LogP contribution in [0.2, 0.25) is 5.02 Å². The summed E-state index contributed by atoms with van der Waals surface area (Å²) in [5.41, 5.74) is 1.64. The first-order chi connectivity index (χ1) is 9.55. The van der Waals surface area contributed by atoms with Crippen LogP contribution in [0, 0.1) is 6.92 Å². The largest absolute Gasteiger partial charge is 0.495 e. The van der Waals surface area contributed by atoms with Crippen molar-refractivity contribution in [3.63, 3.8) is 0 Å². The van der Waals surface area contributed by atoms with Crippen LogP contribution in [0.5, 0.6) is 11.5 Å². The number of nitrogens with zero attached hydrogens (tertiary/aromatic N) is 1. The van der Waals surface area contributed by atoms with Crippen LogP contribution in [0.25, 0.3) is 0 Å². The molecule has 20 heavy (non-hydrogen) atoms. The third-order valence-electron chi connectivity index (χ3n) is 2.76. The molecule has 2 rings (SSSR count). The van der Waals surface area contributed by atoms with Gasteiger partial charge in [0.1, 0.15) is 17.3 Å². The van der Waals surface area contributed by atoms with Crippen molar-refractivity contribution < 1.29 is 9.47 Å². The Morgan fingerprint density at radius 2 is 1.85 bits per heavy atom. The Labute approximate surface area is 131 Å². The van der Waals surface area contributed by atoms with Crippen molar-refractivity contribution in [3.8, 4) is 11.5 Å². The maximum absolute atomic E-state index is 6.07. The second-order valence-corrected chi connectivity index (χ2v) is 5.34. The van der Waals surface area contributed by atoms with Crippen LogP contribution in [0.4, 0.5) is 11.5 Å². The van der Waals surface area contributed by atoms with Gasteiger partial charge in [-0.2, -0.15) is 0 Å². The van der Waals surface area contributed by atoms with Crippen molar-refractivity contribution in [1.29, 1.82) is 0 Å². The first-order valence-electron chi connectivity index (χ1n) is 5.87. The van der Waals surface area contributed by atoms with Crippen LogP contribution in [0.3, 0.4) is 0 Å². The first-order valence-corrected chi connectivity index (χ1v) is 7.04. The molecule has 4 nitrogen and oxygen atoms in total. The van der Waals surface area contributed by atoms with E-state index in [9.17, 15) is 0 Å². The van der Waals surface area contributed by atoms with Gasteiger partial charge in [0.25, 0.3) is 0 Å². The number of pyridine rings is 1. The van der Waals surface area contributed by atoms with Gasteiger partial charge < -0.3 is 14.8 Å². The number of benzene rings is 1. The fourth-order valence-corrected chi connectivity index (χ4v) is 2.16. The van der Waals surface area contributed by atoms with Gasteiger partial charge in [0, 0.05) is 16.6 Å². The molecular weight excluding hydrogens is 344 g/mol. The third kappa shape index (κ3) is 3.16. The minimum absolute atomic E-state index is 0.495. The minimum atomic E-state index is 0.495. The molecule has 0 bridgehead atoms. The maximum Gasteiger partial charge on any atom is 0.144 e. The van der Waals surface area contributed by atoms with E-state index in [1.54, 1.807) is 26.4 Å². The monoisotopic (exact) mass is 356 g/mol. The number of hydrogen-bond donors (Lipinski definition) is 1. The molecule has 0 unspecified atom stereocenters. The van der Waals surface area contributed by atoms with Gasteiger partial charge >= 0.3 is 0 Å². The summed E-state index contributed by atoms with van der Waals surface area (Å²) in [6.07, 6.45) is 0. The van der Waals surface area contributed by atoms with Crippen molar-refractivity contribution in [1.82, 2.24) is 4.98 Å². The number of methoxy groups -OCH3 is 2. The highest BCUT2D eigenvalue weighted by molar-refractivity contribution is 9.10. The number of aryl methyl sites for hydroxylation is 1. The summed E-state index contributed by atoms with van der Waals surface area (Å²) in [7, 11) is 3.16. The Bertz CT molecular complexity index is 635. The average molecular weight is 358 g/mol. The number of halogens is 2. The van der Waals surface area contributed by atoms with Gasteiger partial charge in [-0.05, 0) is 35.0 Å². The predicted octanol–water partition coefficient (Wildman–Crippen LogP) is 4.57. The van der Waals surface area contributed by atoms with E-state index >= 15 is 0 Å². The van der Waals surface area contributed by atoms with Gasteiger partial charge in [0.15, 0.2) is 0 Å². The number of rotatable bonds is 4. The molecule has 0 amide bonds. The van der Waals surface area contributed by atoms with Crippen LogP contribution >= 0.6 is 27.5 Å². The Morgan fingerprint density at radius 1 is 1.15 bits per heavy atom. The molecule has 0 aliphatic heterocycles. The second kappa shape index (κ2) is 6.33. The highest BCUT2D eigenvalue weighted by atomic mass is 79.9. The zero-order valence-corrected chi connectivity index (χ0v) is 13.7. The molecule has 0 fully saturated rings. The van der Waals surface area contributed by atoms with E-state index in [2.05, 4.69) is 26.2 Å². The number of ether oxygens (including phenoxy) is 2. The zero-order chi connectivity index (χ0) is 14.7. The lowest BCUT2D eigenvalue weighted by atomic mass is 10.2. The van der Waals surface area contributed by atoms with E-state index in [1.807, 2.05) is 19.1 Å². The molecule has 1 N–H and O–H groups in total. The normalized spacial score (nSPS) is 10.2. The third-order valence-corrected chi connectivity index (χ3v) is 3.89. The molecule has 6 heteroatoms. The van der Waals surface area contributed by atoms with Gasteiger partial charge in [-0.15, -0.1) is 0 Å². The van der Waals surface area contributed by atoms with E-state index in [-0.39, 0.29) is 0 Å².